The smallest absolute Gasteiger partial charge is 0.199 e. The lowest BCUT2D eigenvalue weighted by Crippen LogP contribution is -2.13. The van der Waals surface area contributed by atoms with Crippen LogP contribution in [-0.4, -0.2) is 55.6 Å². The van der Waals surface area contributed by atoms with Gasteiger partial charge in [-0.2, -0.15) is 0 Å². The monoisotopic (exact) mass is 457 g/mol. The molecule has 0 aliphatic heterocycles. The van der Waals surface area contributed by atoms with E-state index in [0.29, 0.717) is 22.8 Å². The third kappa shape index (κ3) is 5.07. The van der Waals surface area contributed by atoms with Crippen LogP contribution in [-0.2, 0) is 6.42 Å². The number of aromatic hydroxyl groups is 1. The normalized spacial score (nSPS) is 11.9. The predicted octanol–water partition coefficient (Wildman–Crippen LogP) is 5.55. The number of rotatable bonds is 9. The first-order valence-corrected chi connectivity index (χ1v) is 11.3. The molecule has 0 aliphatic rings. The van der Waals surface area contributed by atoms with E-state index < -0.39 is 0 Å². The number of aromatic nitrogens is 1. The van der Waals surface area contributed by atoms with Crippen LogP contribution in [0.5, 0.6) is 17.4 Å². The summed E-state index contributed by atoms with van der Waals surface area (Å²) in [4.78, 5) is 10.2. The molecule has 34 heavy (non-hydrogen) atoms. The van der Waals surface area contributed by atoms with Crippen LogP contribution in [0.1, 0.15) is 23.1 Å². The zero-order chi connectivity index (χ0) is 24.1. The van der Waals surface area contributed by atoms with Gasteiger partial charge in [-0.1, -0.05) is 42.5 Å². The first kappa shape index (κ1) is 23.4. The summed E-state index contributed by atoms with van der Waals surface area (Å²) in [6.07, 6.45) is 2.14. The Morgan fingerprint density at radius 3 is 2.26 bits per heavy atom. The van der Waals surface area contributed by atoms with Crippen LogP contribution in [0, 0.1) is 0 Å². The van der Waals surface area contributed by atoms with Gasteiger partial charge >= 0.3 is 0 Å². The van der Waals surface area contributed by atoms with Crippen molar-refractivity contribution in [1.29, 1.82) is 0 Å². The maximum absolute atomic E-state index is 10.9. The summed E-state index contributed by atoms with van der Waals surface area (Å²) < 4.78 is 10.9. The molecule has 3 aromatic carbocycles. The summed E-state index contributed by atoms with van der Waals surface area (Å²) >= 11 is 0. The number of nitrogens with zero attached hydrogens (tertiary/aromatic N) is 2. The van der Waals surface area contributed by atoms with Gasteiger partial charge in [0.2, 0.25) is 0 Å². The Morgan fingerprint density at radius 1 is 0.941 bits per heavy atom. The van der Waals surface area contributed by atoms with Gasteiger partial charge in [-0.15, -0.1) is 0 Å². The number of hydrogen-bond donors (Lipinski definition) is 2. The number of aliphatic imine (C=N–C) groups is 1. The molecular formula is C28H31N3O3. The number of methoxy groups -OCH3 is 2. The molecule has 0 atom stereocenters. The highest BCUT2D eigenvalue weighted by Crippen LogP contribution is 2.38. The highest BCUT2D eigenvalue weighted by molar-refractivity contribution is 6.22. The van der Waals surface area contributed by atoms with Gasteiger partial charge in [-0.05, 0) is 57.2 Å². The van der Waals surface area contributed by atoms with Crippen molar-refractivity contribution in [2.75, 3.05) is 34.9 Å². The quantitative estimate of drug-likeness (QED) is 0.323. The molecule has 0 bridgehead atoms. The molecule has 0 aliphatic carbocycles. The summed E-state index contributed by atoms with van der Waals surface area (Å²) in [6.45, 7) is 1.06. The Morgan fingerprint density at radius 2 is 1.62 bits per heavy atom. The molecule has 0 saturated heterocycles. The van der Waals surface area contributed by atoms with E-state index in [9.17, 15) is 5.11 Å². The van der Waals surface area contributed by atoms with Crippen LogP contribution in [0.15, 0.2) is 71.7 Å². The molecule has 4 rings (SSSR count). The Kier molecular flexibility index (Phi) is 7.18. The number of hydrogen-bond acceptors (Lipinski definition) is 5. The van der Waals surface area contributed by atoms with Crippen LogP contribution in [0.4, 0.5) is 5.69 Å². The molecule has 2 N–H and O–H groups in total. The number of H-pyrrole nitrogens is 1. The lowest BCUT2D eigenvalue weighted by molar-refractivity contribution is 0.356. The van der Waals surface area contributed by atoms with Crippen LogP contribution < -0.4 is 9.47 Å². The van der Waals surface area contributed by atoms with Gasteiger partial charge < -0.3 is 24.5 Å². The van der Waals surface area contributed by atoms with Crippen molar-refractivity contribution in [2.45, 2.75) is 12.8 Å². The predicted molar refractivity (Wildman–Crippen MR) is 138 cm³/mol. The Labute approximate surface area is 200 Å². The second-order valence-corrected chi connectivity index (χ2v) is 8.50. The molecular weight excluding hydrogens is 426 g/mol. The number of ether oxygens (including phenoxy) is 2. The Balaban J connectivity index is 1.79. The van der Waals surface area contributed by atoms with E-state index >= 15 is 0 Å². The summed E-state index contributed by atoms with van der Waals surface area (Å²) in [5, 5.41) is 11.7. The van der Waals surface area contributed by atoms with E-state index in [1.807, 2.05) is 54.6 Å². The van der Waals surface area contributed by atoms with E-state index in [1.54, 1.807) is 14.2 Å². The SMILES string of the molecule is COc1cc2[nH]c(O)c(C(=Nc3ccc(CCCN(C)C)cc3)c3ccccc3)c2cc1OC. The van der Waals surface area contributed by atoms with Gasteiger partial charge in [0.25, 0.3) is 0 Å². The van der Waals surface area contributed by atoms with Crippen LogP contribution in [0.3, 0.4) is 0 Å². The van der Waals surface area contributed by atoms with E-state index in [0.717, 1.165) is 41.5 Å². The third-order valence-corrected chi connectivity index (χ3v) is 5.81. The van der Waals surface area contributed by atoms with Crippen molar-refractivity contribution in [1.82, 2.24) is 9.88 Å². The molecule has 0 spiro atoms. The molecule has 0 unspecified atom stereocenters. The minimum absolute atomic E-state index is 0.0493. The van der Waals surface area contributed by atoms with Crippen molar-refractivity contribution >= 4 is 22.3 Å². The zero-order valence-corrected chi connectivity index (χ0v) is 20.1. The standard InChI is InChI=1S/C28H31N3O3/c1-31(2)16-8-9-19-12-14-21(15-13-19)29-27(20-10-6-5-7-11-20)26-22-17-24(33-3)25(34-4)18-23(22)30-28(26)32/h5-7,10-15,17-18,30,32H,8-9,16H2,1-4H3. The van der Waals surface area contributed by atoms with Gasteiger partial charge in [0.15, 0.2) is 17.4 Å². The van der Waals surface area contributed by atoms with E-state index in [2.05, 4.69) is 36.1 Å². The molecule has 1 aromatic heterocycles. The number of aryl methyl sites for hydroxylation is 1. The van der Waals surface area contributed by atoms with Gasteiger partial charge in [-0.25, -0.2) is 4.99 Å². The van der Waals surface area contributed by atoms with Crippen LogP contribution >= 0.6 is 0 Å². The fraction of sp³-hybridized carbons (Fsp3) is 0.250. The fourth-order valence-corrected chi connectivity index (χ4v) is 4.07. The van der Waals surface area contributed by atoms with Crippen molar-refractivity contribution in [3.8, 4) is 17.4 Å². The first-order chi connectivity index (χ1) is 16.5. The van der Waals surface area contributed by atoms with E-state index in [-0.39, 0.29) is 5.88 Å². The molecule has 6 heteroatoms. The average molecular weight is 458 g/mol. The molecule has 1 heterocycles. The summed E-state index contributed by atoms with van der Waals surface area (Å²) in [5.74, 6) is 1.23. The minimum Gasteiger partial charge on any atom is -0.494 e. The molecule has 6 nitrogen and oxygen atoms in total. The van der Waals surface area contributed by atoms with Crippen molar-refractivity contribution in [3.63, 3.8) is 0 Å². The van der Waals surface area contributed by atoms with Crippen molar-refractivity contribution < 1.29 is 14.6 Å². The second kappa shape index (κ2) is 10.4. The zero-order valence-electron chi connectivity index (χ0n) is 20.1. The van der Waals surface area contributed by atoms with E-state index in [1.165, 1.54) is 5.56 Å². The van der Waals surface area contributed by atoms with Crippen molar-refractivity contribution in [2.24, 2.45) is 4.99 Å². The van der Waals surface area contributed by atoms with Gasteiger partial charge in [0, 0.05) is 17.0 Å². The highest BCUT2D eigenvalue weighted by Gasteiger charge is 2.21. The highest BCUT2D eigenvalue weighted by atomic mass is 16.5. The van der Waals surface area contributed by atoms with E-state index in [4.69, 9.17) is 14.5 Å². The fourth-order valence-electron chi connectivity index (χ4n) is 4.07. The molecule has 176 valence electrons. The molecule has 0 saturated carbocycles. The Hall–Kier alpha value is -3.77. The largest absolute Gasteiger partial charge is 0.494 e. The second-order valence-electron chi connectivity index (χ2n) is 8.50. The number of aromatic amines is 1. The number of benzene rings is 3. The lowest BCUT2D eigenvalue weighted by atomic mass is 10.0. The topological polar surface area (TPSA) is 70.1 Å². The minimum atomic E-state index is 0.0493. The lowest BCUT2D eigenvalue weighted by Gasteiger charge is -2.11. The number of fused-ring (bicyclic) bond motifs is 1. The Bertz CT molecular complexity index is 1280. The average Bonchev–Trinajstić information content (AvgIpc) is 3.17. The number of nitrogens with one attached hydrogen (secondary N) is 1. The van der Waals surface area contributed by atoms with Crippen LogP contribution in [0.25, 0.3) is 10.9 Å². The molecule has 4 aromatic rings. The molecule has 0 fully saturated rings. The van der Waals surface area contributed by atoms with Crippen LogP contribution in [0.2, 0.25) is 0 Å². The molecule has 0 radical (unpaired) electrons. The van der Waals surface area contributed by atoms with Crippen molar-refractivity contribution in [3.05, 3.63) is 83.4 Å². The van der Waals surface area contributed by atoms with Gasteiger partial charge in [0.05, 0.1) is 36.7 Å². The maximum atomic E-state index is 10.9. The summed E-state index contributed by atoms with van der Waals surface area (Å²) in [5.41, 5.74) is 5.06. The first-order valence-electron chi connectivity index (χ1n) is 11.3. The molecule has 0 amide bonds. The third-order valence-electron chi connectivity index (χ3n) is 5.81. The summed E-state index contributed by atoms with van der Waals surface area (Å²) in [7, 11) is 7.38. The van der Waals surface area contributed by atoms with Gasteiger partial charge in [0.1, 0.15) is 0 Å². The van der Waals surface area contributed by atoms with Gasteiger partial charge in [-0.3, -0.25) is 0 Å². The maximum Gasteiger partial charge on any atom is 0.199 e. The summed E-state index contributed by atoms with van der Waals surface area (Å²) in [6, 6.07) is 21.9.